The molecule has 0 heterocycles. The molecule has 0 radical (unpaired) electrons. The van der Waals surface area contributed by atoms with Crippen molar-refractivity contribution in [3.05, 3.63) is 29.8 Å². The van der Waals surface area contributed by atoms with Crippen molar-refractivity contribution in [2.45, 2.75) is 20.3 Å². The lowest BCUT2D eigenvalue weighted by Gasteiger charge is -2.07. The normalized spacial score (nSPS) is 9.75. The number of amides is 2. The molecule has 0 aliphatic carbocycles. The summed E-state index contributed by atoms with van der Waals surface area (Å²) in [6.45, 7) is 3.06. The molecule has 8 nitrogen and oxygen atoms in total. The van der Waals surface area contributed by atoms with Crippen LogP contribution >= 0.6 is 0 Å². The lowest BCUT2D eigenvalue weighted by atomic mass is 10.2. The fourth-order valence-electron chi connectivity index (χ4n) is 1.66. The van der Waals surface area contributed by atoms with Gasteiger partial charge in [0.1, 0.15) is 0 Å². The molecular weight excluding hydrogens is 316 g/mol. The number of ether oxygens (including phenoxy) is 2. The summed E-state index contributed by atoms with van der Waals surface area (Å²) >= 11 is 0. The zero-order chi connectivity index (χ0) is 17.9. The molecule has 0 atom stereocenters. The first-order chi connectivity index (χ1) is 11.4. The number of hydrogen-bond acceptors (Lipinski definition) is 6. The number of benzene rings is 1. The first-order valence-electron chi connectivity index (χ1n) is 7.39. The van der Waals surface area contributed by atoms with Gasteiger partial charge in [-0.2, -0.15) is 0 Å². The molecule has 1 aromatic rings. The third-order valence-electron chi connectivity index (χ3n) is 2.75. The second kappa shape index (κ2) is 9.98. The van der Waals surface area contributed by atoms with Crippen molar-refractivity contribution < 1.29 is 28.7 Å². The number of anilines is 1. The van der Waals surface area contributed by atoms with E-state index >= 15 is 0 Å². The minimum Gasteiger partial charge on any atom is -0.462 e. The van der Waals surface area contributed by atoms with Gasteiger partial charge in [0.25, 0.3) is 5.91 Å². The SMILES string of the molecule is CCOC(=O)c1ccc(NC(=O)COC(=O)CCNC(C)=O)cc1. The third kappa shape index (κ3) is 7.39. The highest BCUT2D eigenvalue weighted by molar-refractivity contribution is 5.94. The molecule has 0 bridgehead atoms. The number of nitrogens with one attached hydrogen (secondary N) is 2. The van der Waals surface area contributed by atoms with Crippen LogP contribution in [0.15, 0.2) is 24.3 Å². The van der Waals surface area contributed by atoms with Gasteiger partial charge in [-0.05, 0) is 31.2 Å². The van der Waals surface area contributed by atoms with Crippen molar-refractivity contribution in [1.29, 1.82) is 0 Å². The number of hydrogen-bond donors (Lipinski definition) is 2. The van der Waals surface area contributed by atoms with Crippen LogP contribution in [-0.2, 0) is 23.9 Å². The van der Waals surface area contributed by atoms with Crippen LogP contribution in [0, 0.1) is 0 Å². The summed E-state index contributed by atoms with van der Waals surface area (Å²) in [6.07, 6.45) is -0.0128. The van der Waals surface area contributed by atoms with E-state index in [-0.39, 0.29) is 25.5 Å². The summed E-state index contributed by atoms with van der Waals surface area (Å²) in [7, 11) is 0. The lowest BCUT2D eigenvalue weighted by Crippen LogP contribution is -2.25. The van der Waals surface area contributed by atoms with E-state index in [1.807, 2.05) is 0 Å². The maximum absolute atomic E-state index is 11.7. The largest absolute Gasteiger partial charge is 0.462 e. The van der Waals surface area contributed by atoms with E-state index in [0.29, 0.717) is 11.3 Å². The Hall–Kier alpha value is -2.90. The standard InChI is InChI=1S/C16H20N2O6/c1-3-23-16(22)12-4-6-13(7-5-12)18-14(20)10-24-15(21)8-9-17-11(2)19/h4-7H,3,8-10H2,1-2H3,(H,17,19)(H,18,20). The van der Waals surface area contributed by atoms with E-state index in [1.54, 1.807) is 19.1 Å². The summed E-state index contributed by atoms with van der Waals surface area (Å²) < 4.78 is 9.63. The van der Waals surface area contributed by atoms with Gasteiger partial charge >= 0.3 is 11.9 Å². The molecular formula is C16H20N2O6. The third-order valence-corrected chi connectivity index (χ3v) is 2.75. The van der Waals surface area contributed by atoms with Crippen molar-refractivity contribution in [2.75, 3.05) is 25.1 Å². The summed E-state index contributed by atoms with van der Waals surface area (Å²) in [5.74, 6) is -1.78. The van der Waals surface area contributed by atoms with Crippen molar-refractivity contribution in [1.82, 2.24) is 5.32 Å². The Labute approximate surface area is 139 Å². The Morgan fingerprint density at radius 1 is 1.04 bits per heavy atom. The van der Waals surface area contributed by atoms with Crippen molar-refractivity contribution in [2.24, 2.45) is 0 Å². The highest BCUT2D eigenvalue weighted by atomic mass is 16.5. The number of rotatable bonds is 8. The van der Waals surface area contributed by atoms with Gasteiger partial charge < -0.3 is 20.1 Å². The molecule has 2 N–H and O–H groups in total. The average Bonchev–Trinajstić information content (AvgIpc) is 2.53. The predicted molar refractivity (Wildman–Crippen MR) is 85.3 cm³/mol. The fourth-order valence-corrected chi connectivity index (χ4v) is 1.66. The molecule has 0 spiro atoms. The average molecular weight is 336 g/mol. The van der Waals surface area contributed by atoms with Gasteiger partial charge in [-0.1, -0.05) is 0 Å². The highest BCUT2D eigenvalue weighted by Crippen LogP contribution is 2.10. The monoisotopic (exact) mass is 336 g/mol. The Bertz CT molecular complexity index is 597. The zero-order valence-corrected chi connectivity index (χ0v) is 13.6. The Kier molecular flexibility index (Phi) is 7.97. The van der Waals surface area contributed by atoms with E-state index in [2.05, 4.69) is 10.6 Å². The summed E-state index contributed by atoms with van der Waals surface area (Å²) in [6, 6.07) is 6.13. The van der Waals surface area contributed by atoms with Gasteiger partial charge in [0.15, 0.2) is 6.61 Å². The van der Waals surface area contributed by atoms with Crippen LogP contribution in [0.4, 0.5) is 5.69 Å². The van der Waals surface area contributed by atoms with Crippen molar-refractivity contribution >= 4 is 29.4 Å². The van der Waals surface area contributed by atoms with E-state index in [4.69, 9.17) is 9.47 Å². The molecule has 130 valence electrons. The van der Waals surface area contributed by atoms with Crippen LogP contribution in [-0.4, -0.2) is 43.5 Å². The van der Waals surface area contributed by atoms with Crippen LogP contribution in [0.1, 0.15) is 30.6 Å². The van der Waals surface area contributed by atoms with Crippen molar-refractivity contribution in [3.63, 3.8) is 0 Å². The Balaban J connectivity index is 2.35. The first kappa shape index (κ1) is 19.1. The molecule has 0 aromatic heterocycles. The van der Waals surface area contributed by atoms with Crippen LogP contribution in [0.2, 0.25) is 0 Å². The van der Waals surface area contributed by atoms with Crippen LogP contribution in [0.25, 0.3) is 0 Å². The number of esters is 2. The molecule has 0 aliphatic heterocycles. The summed E-state index contributed by atoms with van der Waals surface area (Å²) in [4.78, 5) is 45.2. The molecule has 1 aromatic carbocycles. The van der Waals surface area contributed by atoms with Crippen LogP contribution < -0.4 is 10.6 Å². The van der Waals surface area contributed by atoms with Gasteiger partial charge in [-0.15, -0.1) is 0 Å². The van der Waals surface area contributed by atoms with E-state index < -0.39 is 24.5 Å². The highest BCUT2D eigenvalue weighted by Gasteiger charge is 2.09. The summed E-state index contributed by atoms with van der Waals surface area (Å²) in [5, 5.41) is 4.98. The Morgan fingerprint density at radius 2 is 1.71 bits per heavy atom. The predicted octanol–water partition coefficient (Wildman–Crippen LogP) is 0.871. The summed E-state index contributed by atoms with van der Waals surface area (Å²) in [5.41, 5.74) is 0.835. The molecule has 8 heteroatoms. The fraction of sp³-hybridized carbons (Fsp3) is 0.375. The molecule has 24 heavy (non-hydrogen) atoms. The molecule has 0 saturated carbocycles. The van der Waals surface area contributed by atoms with Gasteiger partial charge in [0.2, 0.25) is 5.91 Å². The smallest absolute Gasteiger partial charge is 0.338 e. The van der Waals surface area contributed by atoms with Crippen LogP contribution in [0.3, 0.4) is 0 Å². The first-order valence-corrected chi connectivity index (χ1v) is 7.39. The van der Waals surface area contributed by atoms with E-state index in [9.17, 15) is 19.2 Å². The minimum absolute atomic E-state index is 0.0128. The maximum atomic E-state index is 11.7. The molecule has 0 fully saturated rings. The molecule has 0 aliphatic rings. The molecule has 0 saturated heterocycles. The van der Waals surface area contributed by atoms with Gasteiger partial charge in [0.05, 0.1) is 18.6 Å². The number of carbonyl (C=O) groups is 4. The Morgan fingerprint density at radius 3 is 2.29 bits per heavy atom. The van der Waals surface area contributed by atoms with E-state index in [0.717, 1.165) is 0 Å². The molecule has 0 unspecified atom stereocenters. The van der Waals surface area contributed by atoms with Crippen molar-refractivity contribution in [3.8, 4) is 0 Å². The van der Waals surface area contributed by atoms with Crippen LogP contribution in [0.5, 0.6) is 0 Å². The van der Waals surface area contributed by atoms with Gasteiger partial charge in [-0.25, -0.2) is 4.79 Å². The molecule has 2 amide bonds. The number of carbonyl (C=O) groups excluding carboxylic acids is 4. The zero-order valence-electron chi connectivity index (χ0n) is 13.6. The lowest BCUT2D eigenvalue weighted by molar-refractivity contribution is -0.147. The molecule has 1 rings (SSSR count). The second-order valence-corrected chi connectivity index (χ2v) is 4.74. The van der Waals surface area contributed by atoms with E-state index in [1.165, 1.54) is 19.1 Å². The quantitative estimate of drug-likeness (QED) is 0.682. The maximum Gasteiger partial charge on any atom is 0.338 e. The topological polar surface area (TPSA) is 111 Å². The van der Waals surface area contributed by atoms with Gasteiger partial charge in [-0.3, -0.25) is 14.4 Å². The second-order valence-electron chi connectivity index (χ2n) is 4.74. The minimum atomic E-state index is -0.587. The van der Waals surface area contributed by atoms with Gasteiger partial charge in [0, 0.05) is 19.2 Å².